The second kappa shape index (κ2) is 8.67. The van der Waals surface area contributed by atoms with Crippen molar-refractivity contribution in [3.63, 3.8) is 0 Å². The van der Waals surface area contributed by atoms with Gasteiger partial charge in [-0.05, 0) is 0 Å². The molecule has 0 aliphatic carbocycles. The van der Waals surface area contributed by atoms with E-state index < -0.39 is 39.4 Å². The number of rotatable bonds is 3. The zero-order chi connectivity index (χ0) is 25.8. The third-order valence-electron chi connectivity index (χ3n) is 6.00. The summed E-state index contributed by atoms with van der Waals surface area (Å²) in [7, 11) is -2.75. The van der Waals surface area contributed by atoms with Crippen LogP contribution in [0.2, 0.25) is 0 Å². The second-order valence-electron chi connectivity index (χ2n) is 8.45. The highest BCUT2D eigenvalue weighted by molar-refractivity contribution is 7.89. The molecule has 190 valence electrons. The van der Waals surface area contributed by atoms with Gasteiger partial charge in [0.2, 0.25) is 16.0 Å². The molecule has 3 aromatic rings. The number of fused-ring (bicyclic) bond motifs is 2. The summed E-state index contributed by atoms with van der Waals surface area (Å²) in [5, 5.41) is 2.24. The van der Waals surface area contributed by atoms with Gasteiger partial charge < -0.3 is 19.5 Å². The Hall–Kier alpha value is -3.85. The van der Waals surface area contributed by atoms with Gasteiger partial charge in [0.1, 0.15) is 4.90 Å². The number of nitrogens with zero attached hydrogens (tertiary/aromatic N) is 3. The van der Waals surface area contributed by atoms with Gasteiger partial charge in [-0.2, -0.15) is 0 Å². The molecule has 1 amide bonds. The second-order valence-corrected chi connectivity index (χ2v) is 10.1. The summed E-state index contributed by atoms with van der Waals surface area (Å²) in [6, 6.07) is 1.88. The third-order valence-corrected chi connectivity index (χ3v) is 7.48. The van der Waals surface area contributed by atoms with E-state index in [-0.39, 0.29) is 52.6 Å². The number of anilines is 2. The molecule has 1 saturated heterocycles. The Balaban J connectivity index is 1.44. The number of aromatic amines is 1. The van der Waals surface area contributed by atoms with Gasteiger partial charge in [0.05, 0.1) is 6.61 Å². The smallest absolute Gasteiger partial charge is 0.276 e. The van der Waals surface area contributed by atoms with Gasteiger partial charge in [-0.1, -0.05) is 0 Å². The molecule has 3 N–H and O–H groups in total. The summed E-state index contributed by atoms with van der Waals surface area (Å²) >= 11 is 0. The average Bonchev–Trinajstić information content (AvgIpc) is 3.35. The van der Waals surface area contributed by atoms with Gasteiger partial charge >= 0.3 is 0 Å². The van der Waals surface area contributed by atoms with Crippen LogP contribution in [0.5, 0.6) is 5.75 Å². The predicted octanol–water partition coefficient (Wildman–Crippen LogP) is 0.954. The van der Waals surface area contributed by atoms with Gasteiger partial charge in [0.15, 0.2) is 28.9 Å². The van der Waals surface area contributed by atoms with Crippen LogP contribution in [0.4, 0.5) is 24.8 Å². The molecule has 2 aromatic heterocycles. The fraction of sp³-hybridized carbons (Fsp3) is 0.286. The molecule has 2 aliphatic heterocycles. The molecule has 1 fully saturated rings. The molecule has 0 bridgehead atoms. The summed E-state index contributed by atoms with van der Waals surface area (Å²) in [6.45, 7) is 0.535. The number of H-pyrrole nitrogens is 1. The number of halogens is 3. The van der Waals surface area contributed by atoms with Crippen LogP contribution in [0.1, 0.15) is 10.5 Å². The normalized spacial score (nSPS) is 20.6. The summed E-state index contributed by atoms with van der Waals surface area (Å²) < 4.78 is 76.5. The number of carbonyl (C=O) groups is 1. The van der Waals surface area contributed by atoms with Crippen molar-refractivity contribution in [3.05, 3.63) is 64.1 Å². The number of aromatic nitrogens is 3. The molecule has 0 spiro atoms. The van der Waals surface area contributed by atoms with Crippen molar-refractivity contribution in [1.82, 2.24) is 19.3 Å². The van der Waals surface area contributed by atoms with Crippen LogP contribution >= 0.6 is 0 Å². The average molecular weight is 524 g/mol. The van der Waals surface area contributed by atoms with E-state index in [2.05, 4.69) is 20.0 Å². The van der Waals surface area contributed by atoms with E-state index in [1.807, 2.05) is 0 Å². The van der Waals surface area contributed by atoms with E-state index in [4.69, 9.17) is 4.74 Å². The molecule has 11 nitrogen and oxygen atoms in total. The number of sulfonamides is 1. The molecule has 0 saturated carbocycles. The minimum atomic E-state index is -4.16. The minimum Gasteiger partial charge on any atom is -0.489 e. The monoisotopic (exact) mass is 524 g/mol. The highest BCUT2D eigenvalue weighted by atomic mass is 32.2. The first-order valence-corrected chi connectivity index (χ1v) is 12.1. The predicted molar refractivity (Wildman–Crippen MR) is 120 cm³/mol. The van der Waals surface area contributed by atoms with E-state index in [9.17, 15) is 31.2 Å². The van der Waals surface area contributed by atoms with Crippen LogP contribution in [-0.2, 0) is 17.1 Å². The number of benzene rings is 1. The Morgan fingerprint density at radius 2 is 1.94 bits per heavy atom. The molecular formula is C21H19F3N6O5S. The van der Waals surface area contributed by atoms with Gasteiger partial charge in [-0.15, -0.1) is 0 Å². The summed E-state index contributed by atoms with van der Waals surface area (Å²) in [6.07, 6.45) is 2.52. The zero-order valence-electron chi connectivity index (χ0n) is 18.6. The SMILES string of the molecule is Cn1cc2c(c1C(=O)Nc1cc(F)c(F)c(F)c1)OCC1CN(c3nccc(=O)[nH]3)CC1NS2(=O)=O. The Labute approximate surface area is 202 Å². The van der Waals surface area contributed by atoms with Crippen molar-refractivity contribution in [3.8, 4) is 5.75 Å². The lowest BCUT2D eigenvalue weighted by Gasteiger charge is -2.23. The first kappa shape index (κ1) is 23.9. The summed E-state index contributed by atoms with van der Waals surface area (Å²) in [5.41, 5.74) is -0.942. The Bertz CT molecular complexity index is 1520. The molecular weight excluding hydrogens is 505 g/mol. The molecule has 15 heteroatoms. The van der Waals surface area contributed by atoms with Crippen molar-refractivity contribution in [2.75, 3.05) is 29.9 Å². The first-order chi connectivity index (χ1) is 17.0. The van der Waals surface area contributed by atoms with E-state index >= 15 is 0 Å². The van der Waals surface area contributed by atoms with Crippen molar-refractivity contribution < 1.29 is 31.1 Å². The van der Waals surface area contributed by atoms with Crippen molar-refractivity contribution >= 4 is 27.6 Å². The van der Waals surface area contributed by atoms with Crippen LogP contribution in [0.15, 0.2) is 40.3 Å². The van der Waals surface area contributed by atoms with Crippen LogP contribution in [0.3, 0.4) is 0 Å². The number of amides is 1. The fourth-order valence-corrected chi connectivity index (χ4v) is 5.80. The minimum absolute atomic E-state index is 0.0118. The van der Waals surface area contributed by atoms with E-state index in [0.717, 1.165) is 0 Å². The first-order valence-electron chi connectivity index (χ1n) is 10.6. The Kier molecular flexibility index (Phi) is 5.75. The maximum absolute atomic E-state index is 13.6. The van der Waals surface area contributed by atoms with Crippen LogP contribution in [0.25, 0.3) is 0 Å². The number of nitrogens with one attached hydrogen (secondary N) is 3. The molecule has 2 aliphatic rings. The van der Waals surface area contributed by atoms with Crippen LogP contribution < -0.4 is 25.2 Å². The van der Waals surface area contributed by atoms with Crippen molar-refractivity contribution in [2.45, 2.75) is 10.9 Å². The van der Waals surface area contributed by atoms with Gasteiger partial charge in [-0.25, -0.2) is 31.3 Å². The highest BCUT2D eigenvalue weighted by Crippen LogP contribution is 2.35. The Morgan fingerprint density at radius 1 is 1.22 bits per heavy atom. The largest absolute Gasteiger partial charge is 0.489 e. The maximum atomic E-state index is 13.6. The lowest BCUT2D eigenvalue weighted by molar-refractivity contribution is 0.101. The van der Waals surface area contributed by atoms with E-state index in [0.29, 0.717) is 18.7 Å². The van der Waals surface area contributed by atoms with Gasteiger partial charge in [0.25, 0.3) is 11.5 Å². The molecule has 1 aromatic carbocycles. The molecule has 5 rings (SSSR count). The lowest BCUT2D eigenvalue weighted by atomic mass is 10.1. The Morgan fingerprint density at radius 3 is 2.64 bits per heavy atom. The molecule has 2 atom stereocenters. The fourth-order valence-electron chi connectivity index (χ4n) is 4.31. The number of carbonyl (C=O) groups excluding carboxylic acids is 1. The van der Waals surface area contributed by atoms with E-state index in [1.165, 1.54) is 30.1 Å². The van der Waals surface area contributed by atoms with Gasteiger partial charge in [-0.3, -0.25) is 14.6 Å². The molecule has 2 unspecified atom stereocenters. The maximum Gasteiger partial charge on any atom is 0.276 e. The summed E-state index contributed by atoms with van der Waals surface area (Å²) in [5.74, 6) is -5.93. The lowest BCUT2D eigenvalue weighted by Crippen LogP contribution is -2.43. The highest BCUT2D eigenvalue weighted by Gasteiger charge is 2.41. The van der Waals surface area contributed by atoms with Crippen molar-refractivity contribution in [1.29, 1.82) is 0 Å². The van der Waals surface area contributed by atoms with Crippen molar-refractivity contribution in [2.24, 2.45) is 13.0 Å². The van der Waals surface area contributed by atoms with Gasteiger partial charge in [0, 0.05) is 68.4 Å². The van der Waals surface area contributed by atoms with Crippen LogP contribution in [-0.4, -0.2) is 54.6 Å². The standard InChI is InChI=1S/C21H19F3N6O5S/c1-29-8-15-19(18(29)20(32)26-11-4-12(22)17(24)13(23)5-11)35-9-10-6-30(7-14(10)28-36(15,33)34)21-25-3-2-16(31)27-21/h2-5,8,10,14,28H,6-7,9H2,1H3,(H,26,32)(H,25,27,31). The topological polar surface area (TPSA) is 138 Å². The summed E-state index contributed by atoms with van der Waals surface area (Å²) in [4.78, 5) is 32.7. The van der Waals surface area contributed by atoms with E-state index in [1.54, 1.807) is 4.90 Å². The van der Waals surface area contributed by atoms with Crippen LogP contribution in [0, 0.1) is 23.4 Å². The number of ether oxygens (including phenoxy) is 1. The number of aryl methyl sites for hydroxylation is 1. The number of hydrogen-bond donors (Lipinski definition) is 3. The quantitative estimate of drug-likeness (QED) is 0.434. The third kappa shape index (κ3) is 4.19. The molecule has 36 heavy (non-hydrogen) atoms. The molecule has 0 radical (unpaired) electrons. The number of hydrogen-bond acceptors (Lipinski definition) is 7. The molecule has 4 heterocycles. The zero-order valence-corrected chi connectivity index (χ0v) is 19.4.